The van der Waals surface area contributed by atoms with E-state index in [4.69, 9.17) is 22.7 Å². The lowest BCUT2D eigenvalue weighted by atomic mass is 10.2. The quantitative estimate of drug-likeness (QED) is 0.0322. The Morgan fingerprint density at radius 1 is 0.621 bits per heavy atom. The second-order valence-electron chi connectivity index (χ2n) is 13.3. The van der Waals surface area contributed by atoms with Gasteiger partial charge in [0.2, 0.25) is 0 Å². The summed E-state index contributed by atoms with van der Waals surface area (Å²) >= 11 is 0. The molecule has 0 fully saturated rings. The van der Waals surface area contributed by atoms with E-state index in [0.717, 1.165) is 11.4 Å². The van der Waals surface area contributed by atoms with Gasteiger partial charge in [-0.2, -0.15) is 42.6 Å². The van der Waals surface area contributed by atoms with Gasteiger partial charge in [0.25, 0.3) is 28.8 Å². The Bertz CT molecular complexity index is 2060. The van der Waals surface area contributed by atoms with E-state index < -0.39 is 34.9 Å². The molecule has 58 heavy (non-hydrogen) atoms. The highest BCUT2D eigenvalue weighted by Gasteiger charge is 2.24. The zero-order valence-corrected chi connectivity index (χ0v) is 35.8. The summed E-state index contributed by atoms with van der Waals surface area (Å²) < 4.78 is 75.1. The van der Waals surface area contributed by atoms with Gasteiger partial charge in [-0.05, 0) is 124 Å². The molecule has 0 aliphatic carbocycles. The minimum atomic E-state index is -4.18. The Morgan fingerprint density at radius 2 is 0.983 bits per heavy atom. The van der Waals surface area contributed by atoms with E-state index in [1.165, 1.54) is 48.5 Å². The van der Waals surface area contributed by atoms with E-state index in [1.807, 2.05) is 106 Å². The number of nitrogens with zero attached hydrogens (tertiary/aromatic N) is 7. The summed E-state index contributed by atoms with van der Waals surface area (Å²) in [6.07, 6.45) is -0.545. The Hall–Kier alpha value is -4.70. The molecule has 0 saturated heterocycles. The molecule has 19 heteroatoms. The van der Waals surface area contributed by atoms with Gasteiger partial charge in [-0.1, -0.05) is 0 Å². The van der Waals surface area contributed by atoms with Crippen molar-refractivity contribution in [3.8, 4) is 6.07 Å². The van der Waals surface area contributed by atoms with Crippen LogP contribution in [0.3, 0.4) is 0 Å². The minimum absolute atomic E-state index is 0.0410. The first-order valence-corrected chi connectivity index (χ1v) is 22.2. The summed E-state index contributed by atoms with van der Waals surface area (Å²) in [5.41, 5.74) is 4.22. The highest BCUT2D eigenvalue weighted by molar-refractivity contribution is 7.87. The van der Waals surface area contributed by atoms with Gasteiger partial charge in [0.1, 0.15) is 0 Å². The lowest BCUT2D eigenvalue weighted by Gasteiger charge is -2.25. The number of hydrogen-bond donors (Lipinski definition) is 1. The lowest BCUT2D eigenvalue weighted by molar-refractivity contribution is 0.123. The number of nitriles is 1. The van der Waals surface area contributed by atoms with Crippen molar-refractivity contribution in [1.29, 1.82) is 5.26 Å². The first-order chi connectivity index (χ1) is 27.6. The average Bonchev–Trinajstić information content (AvgIpc) is 3.19. The molecule has 0 saturated carbocycles. The zero-order valence-electron chi connectivity index (χ0n) is 33.3. The molecule has 310 valence electrons. The summed E-state index contributed by atoms with van der Waals surface area (Å²) in [5.74, 6) is 0. The van der Waals surface area contributed by atoms with Crippen LogP contribution < -0.4 is 14.9 Å². The highest BCUT2D eigenvalue weighted by atomic mass is 32.2. The third-order valence-corrected chi connectivity index (χ3v) is 12.2. The van der Waals surface area contributed by atoms with Crippen LogP contribution in [0.4, 0.5) is 34.1 Å². The second kappa shape index (κ2) is 22.4. The van der Waals surface area contributed by atoms with E-state index >= 15 is 0 Å². The largest absolute Gasteiger partial charge is 0.378 e. The van der Waals surface area contributed by atoms with Gasteiger partial charge in [0, 0.05) is 45.6 Å². The van der Waals surface area contributed by atoms with Crippen molar-refractivity contribution in [2.45, 2.75) is 55.0 Å². The standard InChI is InChI=1S/C39H49N8O8PS2/c1-30(2)45-56(52-27-7-26-40)55-37(24-28-53-57(48,49)38-20-12-33(13-21-38)43-41-31-8-16-35(17-9-31)46(3)4)25-29-54-58(50,51)39-22-14-34(15-23-39)44-42-32-10-18-36(19-11-32)47(5)6/h8-23,30,37,45H,7,24-25,27-29H2,1-6H3. The average molecular weight is 853 g/mol. The number of hydrogen-bond acceptors (Lipinski definition) is 16. The van der Waals surface area contributed by atoms with Crippen molar-refractivity contribution in [2.24, 2.45) is 20.5 Å². The van der Waals surface area contributed by atoms with Crippen LogP contribution in [-0.2, 0) is 37.6 Å². The SMILES string of the molecule is CC(C)NP(OCCC#N)OC(CCOS(=O)(=O)c1ccc(N=Nc2ccc(N(C)C)cc2)cc1)CCOS(=O)(=O)c1ccc(N=Nc2ccc(N(C)C)cc2)cc1. The number of nitrogens with one attached hydrogen (secondary N) is 1. The first kappa shape index (κ1) is 46.0. The normalized spacial score (nSPS) is 13.2. The van der Waals surface area contributed by atoms with E-state index in [-0.39, 0.29) is 54.9 Å². The van der Waals surface area contributed by atoms with E-state index in [9.17, 15) is 16.8 Å². The van der Waals surface area contributed by atoms with Gasteiger partial charge in [-0.25, -0.2) is 5.09 Å². The Kier molecular flexibility index (Phi) is 17.8. The molecule has 0 aliphatic rings. The fourth-order valence-corrected chi connectivity index (χ4v) is 8.01. The molecule has 0 heterocycles. The second-order valence-corrected chi connectivity index (χ2v) is 17.8. The molecule has 16 nitrogen and oxygen atoms in total. The number of azo groups is 2. The number of benzene rings is 4. The summed E-state index contributed by atoms with van der Waals surface area (Å²) in [6, 6.07) is 28.5. The fourth-order valence-electron chi connectivity index (χ4n) is 4.81. The maximum Gasteiger partial charge on any atom is 0.296 e. The Balaban J connectivity index is 1.37. The van der Waals surface area contributed by atoms with Gasteiger partial charge < -0.3 is 18.8 Å². The molecule has 0 bridgehead atoms. The molecule has 0 radical (unpaired) electrons. The van der Waals surface area contributed by atoms with Crippen LogP contribution in [0.2, 0.25) is 0 Å². The fraction of sp³-hybridized carbons (Fsp3) is 0.359. The summed E-state index contributed by atoms with van der Waals surface area (Å²) in [7, 11) is -2.34. The topological polar surface area (TPSA) is 197 Å². The van der Waals surface area contributed by atoms with Crippen LogP contribution in [0.5, 0.6) is 0 Å². The molecule has 1 N–H and O–H groups in total. The van der Waals surface area contributed by atoms with Gasteiger partial charge in [0.05, 0.1) is 71.0 Å². The summed E-state index contributed by atoms with van der Waals surface area (Å²) in [5, 5.41) is 28.9. The Labute approximate surface area is 342 Å². The maximum atomic E-state index is 13.1. The predicted octanol–water partition coefficient (Wildman–Crippen LogP) is 9.08. The molecule has 0 aromatic heterocycles. The van der Waals surface area contributed by atoms with Crippen molar-refractivity contribution < 1.29 is 34.2 Å². The number of anilines is 2. The Morgan fingerprint density at radius 3 is 1.31 bits per heavy atom. The van der Waals surface area contributed by atoms with Crippen LogP contribution in [0.15, 0.2) is 127 Å². The van der Waals surface area contributed by atoms with Crippen molar-refractivity contribution in [1.82, 2.24) is 5.09 Å². The van der Waals surface area contributed by atoms with Crippen LogP contribution in [-0.4, -0.2) is 77.0 Å². The maximum absolute atomic E-state index is 13.1. The van der Waals surface area contributed by atoms with Crippen LogP contribution in [0, 0.1) is 11.3 Å². The molecule has 4 aromatic carbocycles. The molecular formula is C39H49N8O8PS2. The van der Waals surface area contributed by atoms with Crippen molar-refractivity contribution in [2.75, 3.05) is 57.8 Å². The minimum Gasteiger partial charge on any atom is -0.378 e. The molecule has 0 amide bonds. The van der Waals surface area contributed by atoms with Gasteiger partial charge in [-0.3, -0.25) is 8.37 Å². The van der Waals surface area contributed by atoms with E-state index in [1.54, 1.807) is 0 Å². The summed E-state index contributed by atoms with van der Waals surface area (Å²) in [6.45, 7) is 3.29. The van der Waals surface area contributed by atoms with Crippen LogP contribution in [0.1, 0.15) is 33.1 Å². The molecule has 4 aromatic rings. The monoisotopic (exact) mass is 852 g/mol. The molecule has 4 rings (SSSR count). The van der Waals surface area contributed by atoms with Crippen molar-refractivity contribution in [3.05, 3.63) is 97.1 Å². The molecule has 0 aliphatic heterocycles. The van der Waals surface area contributed by atoms with Crippen LogP contribution >= 0.6 is 8.53 Å². The number of rotatable bonds is 23. The van der Waals surface area contributed by atoms with Crippen molar-refractivity contribution >= 4 is 62.9 Å². The van der Waals surface area contributed by atoms with E-state index in [2.05, 4.69) is 25.5 Å². The van der Waals surface area contributed by atoms with Gasteiger partial charge >= 0.3 is 0 Å². The molecular weight excluding hydrogens is 804 g/mol. The van der Waals surface area contributed by atoms with Crippen LogP contribution in [0.25, 0.3) is 0 Å². The van der Waals surface area contributed by atoms with Gasteiger partial charge in [-0.15, -0.1) is 0 Å². The third kappa shape index (κ3) is 15.2. The molecule has 1 atom stereocenters. The smallest absolute Gasteiger partial charge is 0.296 e. The third-order valence-electron chi connectivity index (χ3n) is 7.93. The molecule has 0 spiro atoms. The predicted molar refractivity (Wildman–Crippen MR) is 225 cm³/mol. The van der Waals surface area contributed by atoms with Crippen molar-refractivity contribution in [3.63, 3.8) is 0 Å². The van der Waals surface area contributed by atoms with E-state index in [0.29, 0.717) is 22.7 Å². The lowest BCUT2D eigenvalue weighted by Crippen LogP contribution is -2.25. The molecule has 1 unspecified atom stereocenters. The van der Waals surface area contributed by atoms with Gasteiger partial charge in [0.15, 0.2) is 0 Å². The zero-order chi connectivity index (χ0) is 42.1. The first-order valence-electron chi connectivity index (χ1n) is 18.3. The highest BCUT2D eigenvalue weighted by Crippen LogP contribution is 2.38. The summed E-state index contributed by atoms with van der Waals surface area (Å²) in [4.78, 5) is 3.78.